The van der Waals surface area contributed by atoms with Crippen LogP contribution in [0, 0.1) is 0 Å². The summed E-state index contributed by atoms with van der Waals surface area (Å²) in [5.41, 5.74) is 2.00. The quantitative estimate of drug-likeness (QED) is 0.444. The number of ether oxygens (including phenoxy) is 2. The van der Waals surface area contributed by atoms with Crippen molar-refractivity contribution in [1.29, 1.82) is 0 Å². The Balaban J connectivity index is 1.35. The molecule has 0 spiro atoms. The van der Waals surface area contributed by atoms with E-state index in [4.69, 9.17) is 13.9 Å². The van der Waals surface area contributed by atoms with E-state index in [0.717, 1.165) is 49.5 Å². The minimum Gasteiger partial charge on any atom is -0.494 e. The van der Waals surface area contributed by atoms with Crippen LogP contribution in [0.15, 0.2) is 45.7 Å². The van der Waals surface area contributed by atoms with Gasteiger partial charge in [0.2, 0.25) is 0 Å². The van der Waals surface area contributed by atoms with E-state index >= 15 is 0 Å². The second kappa shape index (κ2) is 9.98. The van der Waals surface area contributed by atoms with Gasteiger partial charge in [0.1, 0.15) is 17.0 Å². The van der Waals surface area contributed by atoms with Gasteiger partial charge in [0, 0.05) is 31.7 Å². The van der Waals surface area contributed by atoms with Gasteiger partial charge in [-0.3, -0.25) is 9.45 Å². The van der Waals surface area contributed by atoms with Crippen LogP contribution in [0.25, 0.3) is 11.1 Å². The summed E-state index contributed by atoms with van der Waals surface area (Å²) in [7, 11) is -4.28. The fraction of sp³-hybridized carbons (Fsp3) is 0.435. The largest absolute Gasteiger partial charge is 0.494 e. The maximum Gasteiger partial charge on any atom is 0.295 e. The first-order chi connectivity index (χ1) is 15.8. The second-order valence-corrected chi connectivity index (χ2v) is 9.42. The van der Waals surface area contributed by atoms with Crippen molar-refractivity contribution in [3.8, 4) is 11.5 Å². The van der Waals surface area contributed by atoms with Crippen molar-refractivity contribution in [2.75, 3.05) is 31.6 Å². The predicted octanol–water partition coefficient (Wildman–Crippen LogP) is 3.95. The molecular weight excluding hydrogens is 446 g/mol. The summed E-state index contributed by atoms with van der Waals surface area (Å²) in [6, 6.07) is 10.7. The van der Waals surface area contributed by atoms with E-state index in [0.29, 0.717) is 30.3 Å². The van der Waals surface area contributed by atoms with E-state index in [9.17, 15) is 13.0 Å². The molecule has 2 N–H and O–H groups in total. The molecule has 2 aromatic carbocycles. The first-order valence-corrected chi connectivity index (χ1v) is 12.5. The van der Waals surface area contributed by atoms with Crippen LogP contribution >= 0.6 is 0 Å². The second-order valence-electron chi connectivity index (χ2n) is 8.00. The van der Waals surface area contributed by atoms with Crippen LogP contribution in [-0.4, -0.2) is 55.2 Å². The van der Waals surface area contributed by atoms with Gasteiger partial charge in [-0.1, -0.05) is 0 Å². The SMILES string of the molecule is CCOc1cc(CN2CCC(Nc3nc4cc(S(=O)(=O)O)ccc4o3)CC2)cc(OCC)c1. The van der Waals surface area contributed by atoms with E-state index in [2.05, 4.69) is 27.3 Å². The maximum absolute atomic E-state index is 11.3. The highest BCUT2D eigenvalue weighted by molar-refractivity contribution is 7.85. The number of hydrogen-bond acceptors (Lipinski definition) is 8. The van der Waals surface area contributed by atoms with E-state index in [1.165, 1.54) is 18.2 Å². The topological polar surface area (TPSA) is 114 Å². The zero-order chi connectivity index (χ0) is 23.4. The third-order valence-electron chi connectivity index (χ3n) is 5.54. The number of anilines is 1. The van der Waals surface area contributed by atoms with Gasteiger partial charge in [0.25, 0.3) is 16.1 Å². The fourth-order valence-electron chi connectivity index (χ4n) is 4.02. The van der Waals surface area contributed by atoms with Crippen molar-refractivity contribution in [1.82, 2.24) is 9.88 Å². The number of nitrogens with one attached hydrogen (secondary N) is 1. The first kappa shape index (κ1) is 23.3. The van der Waals surface area contributed by atoms with Gasteiger partial charge in [0.15, 0.2) is 5.58 Å². The number of nitrogens with zero attached hydrogens (tertiary/aromatic N) is 2. The normalized spacial score (nSPS) is 15.6. The van der Waals surface area contributed by atoms with E-state index in [1.54, 1.807) is 0 Å². The molecule has 0 saturated carbocycles. The predicted molar refractivity (Wildman–Crippen MR) is 125 cm³/mol. The van der Waals surface area contributed by atoms with Gasteiger partial charge >= 0.3 is 0 Å². The average molecular weight is 476 g/mol. The third-order valence-corrected chi connectivity index (χ3v) is 6.39. The zero-order valence-electron chi connectivity index (χ0n) is 18.8. The molecule has 0 bridgehead atoms. The molecule has 178 valence electrons. The van der Waals surface area contributed by atoms with Crippen LogP contribution in [-0.2, 0) is 16.7 Å². The molecule has 1 fully saturated rings. The van der Waals surface area contributed by atoms with Crippen LogP contribution in [0.5, 0.6) is 11.5 Å². The number of oxazole rings is 1. The lowest BCUT2D eigenvalue weighted by Crippen LogP contribution is -2.38. The van der Waals surface area contributed by atoms with E-state index < -0.39 is 10.1 Å². The van der Waals surface area contributed by atoms with Crippen LogP contribution < -0.4 is 14.8 Å². The lowest BCUT2D eigenvalue weighted by molar-refractivity contribution is 0.209. The summed E-state index contributed by atoms with van der Waals surface area (Å²) in [6.07, 6.45) is 1.83. The molecule has 4 rings (SSSR count). The molecule has 3 aromatic rings. The van der Waals surface area contributed by atoms with Crippen LogP contribution in [0.4, 0.5) is 6.01 Å². The fourth-order valence-corrected chi connectivity index (χ4v) is 4.52. The van der Waals surface area contributed by atoms with Crippen LogP contribution in [0.3, 0.4) is 0 Å². The summed E-state index contributed by atoms with van der Waals surface area (Å²) in [6.45, 7) is 7.79. The van der Waals surface area contributed by atoms with Gasteiger partial charge in [-0.25, -0.2) is 0 Å². The maximum atomic E-state index is 11.3. The van der Waals surface area contributed by atoms with Gasteiger partial charge in [-0.15, -0.1) is 0 Å². The number of benzene rings is 2. The lowest BCUT2D eigenvalue weighted by atomic mass is 10.0. The number of fused-ring (bicyclic) bond motifs is 1. The molecule has 1 aliphatic heterocycles. The summed E-state index contributed by atoms with van der Waals surface area (Å²) < 4.78 is 48.9. The van der Waals surface area contributed by atoms with Gasteiger partial charge < -0.3 is 19.2 Å². The molecule has 10 heteroatoms. The number of rotatable bonds is 9. The molecule has 1 saturated heterocycles. The third kappa shape index (κ3) is 5.95. The van der Waals surface area contributed by atoms with Gasteiger partial charge in [-0.2, -0.15) is 13.4 Å². The minimum atomic E-state index is -4.28. The highest BCUT2D eigenvalue weighted by atomic mass is 32.2. The summed E-state index contributed by atoms with van der Waals surface area (Å²) in [5, 5.41) is 3.31. The Morgan fingerprint density at radius 3 is 2.36 bits per heavy atom. The highest BCUT2D eigenvalue weighted by Gasteiger charge is 2.22. The molecule has 2 heterocycles. The highest BCUT2D eigenvalue weighted by Crippen LogP contribution is 2.27. The molecule has 1 aliphatic rings. The Bertz CT molecular complexity index is 1180. The van der Waals surface area contributed by atoms with Crippen LogP contribution in [0.1, 0.15) is 32.3 Å². The molecule has 0 unspecified atom stereocenters. The average Bonchev–Trinajstić information content (AvgIpc) is 3.16. The van der Waals surface area contributed by atoms with Crippen LogP contribution in [0.2, 0.25) is 0 Å². The van der Waals surface area contributed by atoms with E-state index in [1.807, 2.05) is 19.9 Å². The molecule has 9 nitrogen and oxygen atoms in total. The molecule has 33 heavy (non-hydrogen) atoms. The summed E-state index contributed by atoms with van der Waals surface area (Å²) in [5.74, 6) is 1.64. The van der Waals surface area contributed by atoms with Gasteiger partial charge in [0.05, 0.1) is 18.1 Å². The molecule has 0 amide bonds. The molecule has 0 radical (unpaired) electrons. The number of likely N-dealkylation sites (tertiary alicyclic amines) is 1. The van der Waals surface area contributed by atoms with Crippen molar-refractivity contribution in [3.63, 3.8) is 0 Å². The number of piperidine rings is 1. The molecule has 0 atom stereocenters. The van der Waals surface area contributed by atoms with Crippen molar-refractivity contribution in [2.24, 2.45) is 0 Å². The smallest absolute Gasteiger partial charge is 0.295 e. The first-order valence-electron chi connectivity index (χ1n) is 11.1. The zero-order valence-corrected chi connectivity index (χ0v) is 19.6. The lowest BCUT2D eigenvalue weighted by Gasteiger charge is -2.32. The van der Waals surface area contributed by atoms with Crippen molar-refractivity contribution < 1.29 is 26.9 Å². The van der Waals surface area contributed by atoms with Gasteiger partial charge in [-0.05, 0) is 62.6 Å². The Kier molecular flexibility index (Phi) is 7.06. The molecule has 1 aromatic heterocycles. The standard InChI is InChI=1S/C23H29N3O6S/c1-3-30-18-11-16(12-19(13-18)31-4-2)15-26-9-7-17(8-10-26)24-23-25-21-14-20(33(27,28)29)5-6-22(21)32-23/h5-6,11-14,17H,3-4,7-10,15H2,1-2H3,(H,24,25)(H,27,28,29). The van der Waals surface area contributed by atoms with E-state index in [-0.39, 0.29) is 10.9 Å². The number of hydrogen-bond donors (Lipinski definition) is 2. The van der Waals surface area contributed by atoms with Crippen molar-refractivity contribution in [2.45, 2.75) is 44.2 Å². The summed E-state index contributed by atoms with van der Waals surface area (Å²) in [4.78, 5) is 6.52. The van der Waals surface area contributed by atoms with Crippen molar-refractivity contribution >= 4 is 27.2 Å². The Morgan fingerprint density at radius 1 is 1.09 bits per heavy atom. The Hall–Kier alpha value is -2.82. The Labute approximate surface area is 193 Å². The monoisotopic (exact) mass is 475 g/mol. The Morgan fingerprint density at radius 2 is 1.76 bits per heavy atom. The molecule has 0 aliphatic carbocycles. The van der Waals surface area contributed by atoms with Crippen molar-refractivity contribution in [3.05, 3.63) is 42.0 Å². The number of aromatic nitrogens is 1. The minimum absolute atomic E-state index is 0.198. The summed E-state index contributed by atoms with van der Waals surface area (Å²) >= 11 is 0. The molecular formula is C23H29N3O6S.